The maximum Gasteiger partial charge on any atom is 0.280 e. The van der Waals surface area contributed by atoms with Gasteiger partial charge in [0, 0.05) is 25.8 Å². The predicted octanol–water partition coefficient (Wildman–Crippen LogP) is 3.94. The zero-order chi connectivity index (χ0) is 21.7. The number of hydrogen-bond acceptors (Lipinski definition) is 7. The molecule has 2 aromatic heterocycles. The van der Waals surface area contributed by atoms with Crippen molar-refractivity contribution < 1.29 is 14.3 Å². The molecule has 0 N–H and O–H groups in total. The molecule has 31 heavy (non-hydrogen) atoms. The number of carbonyl (C=O) groups excluding carboxylic acids is 1. The minimum Gasteiger partial charge on any atom is -0.495 e. The van der Waals surface area contributed by atoms with E-state index < -0.39 is 0 Å². The molecule has 0 bridgehead atoms. The minimum atomic E-state index is -0.161. The number of benzene rings is 1. The Morgan fingerprint density at radius 3 is 2.32 bits per heavy atom. The van der Waals surface area contributed by atoms with Crippen molar-refractivity contribution >= 4 is 45.0 Å². The lowest BCUT2D eigenvalue weighted by molar-refractivity contribution is 0.0978. The molecule has 0 aliphatic heterocycles. The van der Waals surface area contributed by atoms with Gasteiger partial charge in [-0.05, 0) is 38.2 Å². The number of methoxy groups -OCH3 is 2. The summed E-state index contributed by atoms with van der Waals surface area (Å²) in [4.78, 5) is 22.1. The summed E-state index contributed by atoms with van der Waals surface area (Å²) in [5, 5.41) is 5.01. The summed E-state index contributed by atoms with van der Waals surface area (Å²) >= 11 is 1.42. The lowest BCUT2D eigenvalue weighted by Gasteiger charge is -2.24. The van der Waals surface area contributed by atoms with Crippen LogP contribution in [-0.2, 0) is 6.54 Å². The van der Waals surface area contributed by atoms with Crippen molar-refractivity contribution in [2.45, 2.75) is 27.3 Å². The first-order valence-electron chi connectivity index (χ1n) is 10.1. The van der Waals surface area contributed by atoms with Gasteiger partial charge in [0.1, 0.15) is 21.7 Å². The Labute approximate surface area is 193 Å². The largest absolute Gasteiger partial charge is 0.495 e. The number of rotatable bonds is 10. The molecule has 0 atom stereocenters. The average Bonchev–Trinajstić information content (AvgIpc) is 3.43. The molecule has 0 aliphatic rings. The first-order valence-corrected chi connectivity index (χ1v) is 11.0. The van der Waals surface area contributed by atoms with E-state index in [1.165, 1.54) is 11.3 Å². The number of ether oxygens (including phenoxy) is 2. The highest BCUT2D eigenvalue weighted by atomic mass is 35.5. The SMILES string of the molecule is CCN(CC)CCN(C(=O)c1ccn(CC)n1)c1nc2c(OC)ccc(OC)c2s1.Cl. The number of fused-ring (bicyclic) bond motifs is 1. The number of hydrogen-bond donors (Lipinski definition) is 0. The summed E-state index contributed by atoms with van der Waals surface area (Å²) in [5.41, 5.74) is 1.10. The van der Waals surface area contributed by atoms with Gasteiger partial charge in [0.05, 0.1) is 14.2 Å². The van der Waals surface area contributed by atoms with E-state index in [1.807, 2.05) is 25.3 Å². The van der Waals surface area contributed by atoms with Crippen LogP contribution in [0.15, 0.2) is 24.4 Å². The van der Waals surface area contributed by atoms with Crippen LogP contribution >= 0.6 is 23.7 Å². The van der Waals surface area contributed by atoms with Gasteiger partial charge in [0.25, 0.3) is 5.91 Å². The van der Waals surface area contributed by atoms with Crippen LogP contribution in [0.1, 0.15) is 31.3 Å². The Kier molecular flexibility index (Phi) is 9.09. The fourth-order valence-corrected chi connectivity index (χ4v) is 4.34. The van der Waals surface area contributed by atoms with Gasteiger partial charge < -0.3 is 14.4 Å². The number of thiazole rings is 1. The summed E-state index contributed by atoms with van der Waals surface area (Å²) in [7, 11) is 3.24. The Balaban J connectivity index is 0.00000341. The molecule has 0 spiro atoms. The van der Waals surface area contributed by atoms with E-state index in [2.05, 4.69) is 23.8 Å². The second kappa shape index (κ2) is 11.3. The zero-order valence-corrected chi connectivity index (χ0v) is 20.3. The van der Waals surface area contributed by atoms with Gasteiger partial charge in [-0.2, -0.15) is 5.10 Å². The smallest absolute Gasteiger partial charge is 0.280 e. The third-order valence-corrected chi connectivity index (χ3v) is 6.19. The molecule has 0 unspecified atom stereocenters. The van der Waals surface area contributed by atoms with Gasteiger partial charge in [0.15, 0.2) is 10.8 Å². The molecule has 8 nitrogen and oxygen atoms in total. The molecule has 0 aliphatic carbocycles. The molecule has 0 fully saturated rings. The highest BCUT2D eigenvalue weighted by molar-refractivity contribution is 7.22. The maximum absolute atomic E-state index is 13.4. The topological polar surface area (TPSA) is 72.7 Å². The van der Waals surface area contributed by atoms with Crippen molar-refractivity contribution in [2.24, 2.45) is 0 Å². The van der Waals surface area contributed by atoms with Crippen LogP contribution in [0.4, 0.5) is 5.13 Å². The lowest BCUT2D eigenvalue weighted by atomic mass is 10.3. The molecule has 170 valence electrons. The van der Waals surface area contributed by atoms with Crippen LogP contribution in [0.2, 0.25) is 0 Å². The molecular weight excluding hydrogens is 438 g/mol. The van der Waals surface area contributed by atoms with Gasteiger partial charge in [-0.25, -0.2) is 4.98 Å². The van der Waals surface area contributed by atoms with Crippen LogP contribution in [-0.4, -0.2) is 66.0 Å². The molecule has 1 amide bonds. The standard InChI is InChI=1S/C21H29N5O3S.ClH/c1-6-24(7-2)13-14-26(20(27)15-11-12-25(8-3)23-15)21-22-18-16(28-4)9-10-17(29-5)19(18)30-21;/h9-12H,6-8,13-14H2,1-5H3;1H. The molecule has 1 aromatic carbocycles. The molecule has 3 aromatic rings. The van der Waals surface area contributed by atoms with Crippen molar-refractivity contribution in [1.29, 1.82) is 0 Å². The molecule has 0 radical (unpaired) electrons. The Morgan fingerprint density at radius 1 is 1.06 bits per heavy atom. The lowest BCUT2D eigenvalue weighted by Crippen LogP contribution is -2.39. The number of halogens is 1. The summed E-state index contributed by atoms with van der Waals surface area (Å²) in [6.07, 6.45) is 1.82. The second-order valence-corrected chi connectivity index (χ2v) is 7.66. The third-order valence-electron chi connectivity index (χ3n) is 5.09. The quantitative estimate of drug-likeness (QED) is 0.449. The summed E-state index contributed by atoms with van der Waals surface area (Å²) in [6, 6.07) is 5.44. The van der Waals surface area contributed by atoms with Crippen molar-refractivity contribution in [2.75, 3.05) is 45.3 Å². The van der Waals surface area contributed by atoms with Crippen molar-refractivity contribution in [3.63, 3.8) is 0 Å². The molecule has 10 heteroatoms. The molecule has 3 rings (SSSR count). The van der Waals surface area contributed by atoms with Gasteiger partial charge >= 0.3 is 0 Å². The van der Waals surface area contributed by atoms with Crippen LogP contribution < -0.4 is 14.4 Å². The molecular formula is C21H30ClN5O3S. The normalized spacial score (nSPS) is 10.9. The monoisotopic (exact) mass is 467 g/mol. The fourth-order valence-electron chi connectivity index (χ4n) is 3.25. The van der Waals surface area contributed by atoms with E-state index in [1.54, 1.807) is 29.9 Å². The van der Waals surface area contributed by atoms with E-state index in [4.69, 9.17) is 14.5 Å². The minimum absolute atomic E-state index is 0. The third kappa shape index (κ3) is 5.28. The van der Waals surface area contributed by atoms with Gasteiger partial charge in [-0.15, -0.1) is 12.4 Å². The Morgan fingerprint density at radius 2 is 1.74 bits per heavy atom. The van der Waals surface area contributed by atoms with E-state index in [9.17, 15) is 4.79 Å². The molecule has 0 saturated heterocycles. The summed E-state index contributed by atoms with van der Waals surface area (Å²) < 4.78 is 13.6. The number of aromatic nitrogens is 3. The van der Waals surface area contributed by atoms with Crippen molar-refractivity contribution in [3.05, 3.63) is 30.1 Å². The number of anilines is 1. The van der Waals surface area contributed by atoms with E-state index in [0.717, 1.165) is 24.3 Å². The van der Waals surface area contributed by atoms with E-state index in [-0.39, 0.29) is 18.3 Å². The van der Waals surface area contributed by atoms with Gasteiger partial charge in [0.2, 0.25) is 0 Å². The van der Waals surface area contributed by atoms with E-state index >= 15 is 0 Å². The Hall–Kier alpha value is -2.36. The van der Waals surface area contributed by atoms with Crippen LogP contribution in [0.3, 0.4) is 0 Å². The number of likely N-dealkylation sites (N-methyl/N-ethyl adjacent to an activating group) is 1. The number of aryl methyl sites for hydroxylation is 1. The first-order chi connectivity index (χ1) is 14.6. The molecule has 0 saturated carbocycles. The summed E-state index contributed by atoms with van der Waals surface area (Å²) in [5.74, 6) is 1.20. The summed E-state index contributed by atoms with van der Waals surface area (Å²) in [6.45, 7) is 10.0. The molecule has 2 heterocycles. The van der Waals surface area contributed by atoms with Gasteiger partial charge in [-0.1, -0.05) is 25.2 Å². The average molecular weight is 468 g/mol. The fraction of sp³-hybridized carbons (Fsp3) is 0.476. The number of amides is 1. The highest BCUT2D eigenvalue weighted by Gasteiger charge is 2.25. The van der Waals surface area contributed by atoms with Crippen LogP contribution in [0, 0.1) is 0 Å². The predicted molar refractivity (Wildman–Crippen MR) is 127 cm³/mol. The highest BCUT2D eigenvalue weighted by Crippen LogP contribution is 2.40. The first kappa shape index (κ1) is 24.9. The van der Waals surface area contributed by atoms with Crippen LogP contribution in [0.5, 0.6) is 11.5 Å². The van der Waals surface area contributed by atoms with Crippen molar-refractivity contribution in [3.8, 4) is 11.5 Å². The van der Waals surface area contributed by atoms with E-state index in [0.29, 0.717) is 40.9 Å². The van der Waals surface area contributed by atoms with Gasteiger partial charge in [-0.3, -0.25) is 14.4 Å². The maximum atomic E-state index is 13.4. The second-order valence-electron chi connectivity index (χ2n) is 6.68. The van der Waals surface area contributed by atoms with Crippen LogP contribution in [0.25, 0.3) is 10.2 Å². The number of nitrogens with zero attached hydrogens (tertiary/aromatic N) is 5. The Bertz CT molecular complexity index is 961. The number of carbonyl (C=O) groups is 1. The zero-order valence-electron chi connectivity index (χ0n) is 18.6. The van der Waals surface area contributed by atoms with Crippen molar-refractivity contribution in [1.82, 2.24) is 19.7 Å².